The molecule has 0 aromatic rings. The van der Waals surface area contributed by atoms with Crippen LogP contribution in [0.2, 0.25) is 0 Å². The van der Waals surface area contributed by atoms with Crippen molar-refractivity contribution in [1.82, 2.24) is 5.32 Å². The Balaban J connectivity index is 4.65. The highest BCUT2D eigenvalue weighted by molar-refractivity contribution is 5.93. The Bertz CT molecular complexity index is 306. The Morgan fingerprint density at radius 1 is 1.53 bits per heavy atom. The van der Waals surface area contributed by atoms with Gasteiger partial charge < -0.3 is 15.5 Å². The maximum atomic E-state index is 11.7. The molecule has 2 atom stereocenters. The standard InChI is InChI=1S/C13H23NO3/c1-5-7-8-10(3)12(16)14-11(9-15)13(4,17)6-2/h5,7-8,11,15,17H,6,9H2,1-4H3,(H,14,16)/b7-5+,10-8+/t11-,13-/m0/s1. The minimum absolute atomic E-state index is 0.282. The SMILES string of the molecule is C/C=C/C=C(\C)C(=O)N[C@@H](CO)[C@@](C)(O)CC. The summed E-state index contributed by atoms with van der Waals surface area (Å²) in [7, 11) is 0. The van der Waals surface area contributed by atoms with Gasteiger partial charge >= 0.3 is 0 Å². The minimum atomic E-state index is -1.11. The molecule has 0 aromatic carbocycles. The normalized spacial score (nSPS) is 17.9. The molecule has 0 aliphatic rings. The van der Waals surface area contributed by atoms with E-state index in [0.717, 1.165) is 0 Å². The maximum Gasteiger partial charge on any atom is 0.247 e. The highest BCUT2D eigenvalue weighted by atomic mass is 16.3. The molecule has 0 radical (unpaired) electrons. The zero-order valence-corrected chi connectivity index (χ0v) is 11.0. The molecule has 4 heteroatoms. The van der Waals surface area contributed by atoms with E-state index in [1.807, 2.05) is 13.0 Å². The van der Waals surface area contributed by atoms with Crippen LogP contribution in [0.25, 0.3) is 0 Å². The molecule has 0 saturated carbocycles. The molecule has 0 fully saturated rings. The van der Waals surface area contributed by atoms with Gasteiger partial charge in [0.15, 0.2) is 0 Å². The smallest absolute Gasteiger partial charge is 0.247 e. The van der Waals surface area contributed by atoms with Crippen molar-refractivity contribution >= 4 is 5.91 Å². The molecule has 0 spiro atoms. The zero-order chi connectivity index (χ0) is 13.5. The van der Waals surface area contributed by atoms with E-state index in [-0.39, 0.29) is 12.5 Å². The lowest BCUT2D eigenvalue weighted by atomic mass is 9.94. The Morgan fingerprint density at radius 3 is 2.53 bits per heavy atom. The van der Waals surface area contributed by atoms with Crippen molar-refractivity contribution < 1.29 is 15.0 Å². The third-order valence-electron chi connectivity index (χ3n) is 2.85. The van der Waals surface area contributed by atoms with Crippen molar-refractivity contribution in [2.75, 3.05) is 6.61 Å². The molecule has 0 aromatic heterocycles. The van der Waals surface area contributed by atoms with Gasteiger partial charge in [-0.05, 0) is 27.2 Å². The number of amides is 1. The Kier molecular flexibility index (Phi) is 6.76. The fourth-order valence-electron chi connectivity index (χ4n) is 1.23. The van der Waals surface area contributed by atoms with Crippen LogP contribution in [-0.2, 0) is 4.79 Å². The number of nitrogens with one attached hydrogen (secondary N) is 1. The van der Waals surface area contributed by atoms with Crippen molar-refractivity contribution in [2.24, 2.45) is 0 Å². The summed E-state index contributed by atoms with van der Waals surface area (Å²) in [6.45, 7) is 6.66. The predicted molar refractivity (Wildman–Crippen MR) is 68.5 cm³/mol. The van der Waals surface area contributed by atoms with Crippen molar-refractivity contribution in [3.05, 3.63) is 23.8 Å². The minimum Gasteiger partial charge on any atom is -0.394 e. The number of aliphatic hydroxyl groups excluding tert-OH is 1. The van der Waals surface area contributed by atoms with Crippen LogP contribution in [-0.4, -0.2) is 34.4 Å². The number of hydrogen-bond acceptors (Lipinski definition) is 3. The summed E-state index contributed by atoms with van der Waals surface area (Å²) in [6.07, 6.45) is 5.73. The number of rotatable bonds is 6. The molecular weight excluding hydrogens is 218 g/mol. The van der Waals surface area contributed by atoms with Crippen LogP contribution < -0.4 is 5.32 Å². The predicted octanol–water partition coefficient (Wildman–Crippen LogP) is 1.15. The van der Waals surface area contributed by atoms with E-state index < -0.39 is 11.6 Å². The summed E-state index contributed by atoms with van der Waals surface area (Å²) in [4.78, 5) is 11.7. The van der Waals surface area contributed by atoms with Crippen LogP contribution in [0.4, 0.5) is 0 Å². The number of hydrogen-bond donors (Lipinski definition) is 3. The summed E-state index contributed by atoms with van der Waals surface area (Å²) < 4.78 is 0. The molecule has 0 heterocycles. The lowest BCUT2D eigenvalue weighted by Crippen LogP contribution is -2.53. The van der Waals surface area contributed by atoms with Gasteiger partial charge in [0.2, 0.25) is 5.91 Å². The second kappa shape index (κ2) is 7.25. The number of allylic oxidation sites excluding steroid dienone is 3. The van der Waals surface area contributed by atoms with Gasteiger partial charge in [-0.15, -0.1) is 0 Å². The van der Waals surface area contributed by atoms with Crippen LogP contribution in [0.15, 0.2) is 23.8 Å². The van der Waals surface area contributed by atoms with Gasteiger partial charge in [-0.3, -0.25) is 4.79 Å². The molecule has 0 rings (SSSR count). The van der Waals surface area contributed by atoms with Gasteiger partial charge in [-0.2, -0.15) is 0 Å². The van der Waals surface area contributed by atoms with Crippen LogP contribution in [0, 0.1) is 0 Å². The van der Waals surface area contributed by atoms with Gasteiger partial charge in [-0.1, -0.05) is 25.2 Å². The first-order valence-electron chi connectivity index (χ1n) is 5.82. The first-order chi connectivity index (χ1) is 7.88. The molecule has 0 saturated heterocycles. The van der Waals surface area contributed by atoms with Crippen LogP contribution in [0.1, 0.15) is 34.1 Å². The Labute approximate surface area is 103 Å². The number of aliphatic hydroxyl groups is 2. The average Bonchev–Trinajstić information content (AvgIpc) is 2.32. The van der Waals surface area contributed by atoms with Crippen LogP contribution >= 0.6 is 0 Å². The van der Waals surface area contributed by atoms with Gasteiger partial charge in [0.1, 0.15) is 0 Å². The van der Waals surface area contributed by atoms with Crippen molar-refractivity contribution in [2.45, 2.75) is 45.8 Å². The van der Waals surface area contributed by atoms with Gasteiger partial charge in [0.25, 0.3) is 0 Å². The van der Waals surface area contributed by atoms with E-state index in [9.17, 15) is 15.0 Å². The van der Waals surface area contributed by atoms with E-state index >= 15 is 0 Å². The summed E-state index contributed by atoms with van der Waals surface area (Å²) in [5.41, 5.74) is -0.570. The molecule has 17 heavy (non-hydrogen) atoms. The fourth-order valence-corrected chi connectivity index (χ4v) is 1.23. The number of carbonyl (C=O) groups is 1. The lowest BCUT2D eigenvalue weighted by molar-refractivity contribution is -0.121. The summed E-state index contributed by atoms with van der Waals surface area (Å²) >= 11 is 0. The van der Waals surface area contributed by atoms with Crippen molar-refractivity contribution in [1.29, 1.82) is 0 Å². The molecule has 0 unspecified atom stereocenters. The first kappa shape index (κ1) is 15.9. The average molecular weight is 241 g/mol. The molecule has 0 aliphatic carbocycles. The fraction of sp³-hybridized carbons (Fsp3) is 0.615. The topological polar surface area (TPSA) is 69.6 Å². The highest BCUT2D eigenvalue weighted by Gasteiger charge is 2.30. The third-order valence-corrected chi connectivity index (χ3v) is 2.85. The first-order valence-corrected chi connectivity index (χ1v) is 5.82. The van der Waals surface area contributed by atoms with Crippen molar-refractivity contribution in [3.8, 4) is 0 Å². The van der Waals surface area contributed by atoms with E-state index in [0.29, 0.717) is 12.0 Å². The monoisotopic (exact) mass is 241 g/mol. The molecular formula is C13H23NO3. The third kappa shape index (κ3) is 5.15. The summed E-state index contributed by atoms with van der Waals surface area (Å²) in [6, 6.07) is -0.658. The van der Waals surface area contributed by atoms with E-state index in [1.54, 1.807) is 32.9 Å². The molecule has 1 amide bonds. The van der Waals surface area contributed by atoms with E-state index in [2.05, 4.69) is 5.32 Å². The Morgan fingerprint density at radius 2 is 2.12 bits per heavy atom. The van der Waals surface area contributed by atoms with Crippen molar-refractivity contribution in [3.63, 3.8) is 0 Å². The zero-order valence-electron chi connectivity index (χ0n) is 11.0. The largest absolute Gasteiger partial charge is 0.394 e. The highest BCUT2D eigenvalue weighted by Crippen LogP contribution is 2.14. The van der Waals surface area contributed by atoms with Gasteiger partial charge in [0.05, 0.1) is 18.2 Å². The number of carbonyl (C=O) groups excluding carboxylic acids is 1. The van der Waals surface area contributed by atoms with E-state index in [4.69, 9.17) is 0 Å². The van der Waals surface area contributed by atoms with Crippen LogP contribution in [0.3, 0.4) is 0 Å². The second-order valence-corrected chi connectivity index (χ2v) is 4.29. The van der Waals surface area contributed by atoms with Crippen LogP contribution in [0.5, 0.6) is 0 Å². The lowest BCUT2D eigenvalue weighted by Gasteiger charge is -2.31. The van der Waals surface area contributed by atoms with Gasteiger partial charge in [0, 0.05) is 5.57 Å². The summed E-state index contributed by atoms with van der Waals surface area (Å²) in [5.74, 6) is -0.282. The maximum absolute atomic E-state index is 11.7. The van der Waals surface area contributed by atoms with Gasteiger partial charge in [-0.25, -0.2) is 0 Å². The molecule has 3 N–H and O–H groups in total. The molecule has 0 bridgehead atoms. The second-order valence-electron chi connectivity index (χ2n) is 4.29. The molecule has 98 valence electrons. The van der Waals surface area contributed by atoms with E-state index in [1.165, 1.54) is 0 Å². The summed E-state index contributed by atoms with van der Waals surface area (Å²) in [5, 5.41) is 21.8. The molecule has 4 nitrogen and oxygen atoms in total. The molecule has 0 aliphatic heterocycles. The quantitative estimate of drug-likeness (QED) is 0.482. The Hall–Kier alpha value is -1.13.